The third kappa shape index (κ3) is 11.0. The van der Waals surface area contributed by atoms with E-state index >= 15 is 0 Å². The van der Waals surface area contributed by atoms with Crippen LogP contribution in [0.25, 0.3) is 10.9 Å². The Morgan fingerprint density at radius 1 is 0.870 bits per heavy atom. The number of ketones is 1. The summed E-state index contributed by atoms with van der Waals surface area (Å²) in [6, 6.07) is 19.8. The summed E-state index contributed by atoms with van der Waals surface area (Å²) in [5, 5.41) is 14.1. The zero-order chi connectivity index (χ0) is 53.9. The van der Waals surface area contributed by atoms with Crippen molar-refractivity contribution in [2.45, 2.75) is 98.7 Å². The molecule has 3 aromatic carbocycles. The lowest BCUT2D eigenvalue weighted by Gasteiger charge is -2.24. The number of carboxylic acid groups (broad SMARTS) is 1. The first kappa shape index (κ1) is 52.8. The van der Waals surface area contributed by atoms with Gasteiger partial charge in [-0.05, 0) is 111 Å². The van der Waals surface area contributed by atoms with Gasteiger partial charge in [-0.15, -0.1) is 0 Å². The average molecular weight is 1040 g/mol. The van der Waals surface area contributed by atoms with E-state index < -0.39 is 5.97 Å². The molecule has 0 saturated carbocycles. The largest absolute Gasteiger partial charge is 0.487 e. The van der Waals surface area contributed by atoms with Crippen LogP contribution in [-0.4, -0.2) is 95.0 Å². The number of hydrogen-bond donors (Lipinski definition) is 4. The van der Waals surface area contributed by atoms with Crippen molar-refractivity contribution >= 4 is 45.6 Å². The fourth-order valence-corrected chi connectivity index (χ4v) is 11.7. The molecule has 0 saturated heterocycles. The van der Waals surface area contributed by atoms with Crippen molar-refractivity contribution in [3.8, 4) is 23.3 Å². The van der Waals surface area contributed by atoms with Crippen molar-refractivity contribution in [3.05, 3.63) is 152 Å². The number of aliphatic carboxylic acids is 1. The highest BCUT2D eigenvalue weighted by molar-refractivity contribution is 6.10. The quantitative estimate of drug-likeness (QED) is 0.0473. The van der Waals surface area contributed by atoms with E-state index in [2.05, 4.69) is 89.9 Å². The molecule has 0 radical (unpaired) electrons. The van der Waals surface area contributed by atoms with Crippen molar-refractivity contribution < 1.29 is 38.4 Å². The lowest BCUT2D eigenvalue weighted by Crippen LogP contribution is -2.29. The van der Waals surface area contributed by atoms with E-state index in [-0.39, 0.29) is 42.0 Å². The van der Waals surface area contributed by atoms with E-state index in [1.54, 1.807) is 14.2 Å². The third-order valence-corrected chi connectivity index (χ3v) is 15.7. The predicted octanol–water partition coefficient (Wildman–Crippen LogP) is 10.9. The summed E-state index contributed by atoms with van der Waals surface area (Å²) in [7, 11) is 3.26. The third-order valence-electron chi connectivity index (χ3n) is 15.7. The highest BCUT2D eigenvalue weighted by Crippen LogP contribution is 2.47. The van der Waals surface area contributed by atoms with Gasteiger partial charge in [0.25, 0.3) is 0 Å². The molecule has 1 aliphatic carbocycles. The van der Waals surface area contributed by atoms with Gasteiger partial charge in [0, 0.05) is 137 Å². The minimum Gasteiger partial charge on any atom is -0.487 e. The molecule has 77 heavy (non-hydrogen) atoms. The standard InChI is InChI=1S/C62H67N7O8/c1-9-43-34(2)47-30-53-58(36(4)49(67-53)28-48-35(3)44(18-19-57(71)72)60(68-48)46-26-54(70)59-37(5)50(69-61(46)59)29-52(43)66-47)38(6)77-32-41-14-10-12-39(24-41)16-17-40-13-11-15-42(25-40)65-62-45-27-55(75-22-20-73-7)56(76-23-21-74-8)31-51(45)63-33-64-62/h10-15,24-25,27-28,31,33,35,38,44,46,58,66,69H,9,18-23,26,29-30,32H2,1-8H3,(H,71,72)(H,63,64,65)/t35-,38?,44-,46?,58?/m0/s1. The number of rotatable bonds is 18. The SMILES string of the molecule is CCc1c2[nH]c(c1C)CC1=NC(=C(C)C1C(C)OCc1cccc(C#Cc3cccc(Nc4ncnc5cc(OCCOC)c(OCCOC)cc45)c3)c1)C=C1N=C(C3CC(=O)c4c3[nH]c(c4C)C2)[C@@H](CCC(=O)O)[C@@H]1C. The molecule has 5 atom stereocenters. The molecular weight excluding hydrogens is 971 g/mol. The number of carbonyl (C=O) groups is 2. The Bertz CT molecular complexity index is 3460. The lowest BCUT2D eigenvalue weighted by atomic mass is 9.81. The van der Waals surface area contributed by atoms with Crippen LogP contribution in [0, 0.1) is 43.4 Å². The van der Waals surface area contributed by atoms with Crippen LogP contribution in [0.5, 0.6) is 11.5 Å². The number of Topliss-reactive ketones (excluding diaryl/α,β-unsaturated/α-hetero) is 1. The molecule has 10 rings (SSSR count). The van der Waals surface area contributed by atoms with Crippen LogP contribution in [0.3, 0.4) is 0 Å². The number of ether oxygens (including phenoxy) is 5. The zero-order valence-corrected chi connectivity index (χ0v) is 45.2. The second-order valence-electron chi connectivity index (χ2n) is 20.6. The van der Waals surface area contributed by atoms with Gasteiger partial charge in [0.05, 0.1) is 37.1 Å². The first-order valence-corrected chi connectivity index (χ1v) is 26.7. The number of aliphatic imine (C=N–C) groups is 2. The summed E-state index contributed by atoms with van der Waals surface area (Å²) in [5.74, 6) is 7.18. The zero-order valence-electron chi connectivity index (χ0n) is 45.2. The Labute approximate surface area is 449 Å². The van der Waals surface area contributed by atoms with Crippen LogP contribution in [0.4, 0.5) is 11.5 Å². The summed E-state index contributed by atoms with van der Waals surface area (Å²) >= 11 is 0. The fourth-order valence-electron chi connectivity index (χ4n) is 11.7. The number of nitrogens with zero attached hydrogens (tertiary/aromatic N) is 4. The van der Waals surface area contributed by atoms with Crippen LogP contribution in [-0.2, 0) is 44.9 Å². The molecular formula is C62H67N7O8. The number of carbonyl (C=O) groups excluding carboxylic acids is 1. The molecule has 15 nitrogen and oxygen atoms in total. The Hall–Kier alpha value is -7.64. The maximum absolute atomic E-state index is 13.8. The Morgan fingerprint density at radius 2 is 1.60 bits per heavy atom. The number of hydrogen-bond acceptors (Lipinski definition) is 12. The van der Waals surface area contributed by atoms with Crippen LogP contribution in [0.15, 0.2) is 100 Å². The predicted molar refractivity (Wildman–Crippen MR) is 298 cm³/mol. The molecule has 0 amide bonds. The molecule has 4 aliphatic rings. The van der Waals surface area contributed by atoms with Crippen molar-refractivity contribution in [2.75, 3.05) is 46.0 Å². The lowest BCUT2D eigenvalue weighted by molar-refractivity contribution is -0.137. The van der Waals surface area contributed by atoms with Gasteiger partial charge in [-0.25, -0.2) is 9.97 Å². The van der Waals surface area contributed by atoms with Crippen molar-refractivity contribution in [3.63, 3.8) is 0 Å². The van der Waals surface area contributed by atoms with E-state index in [0.717, 1.165) is 96.5 Å². The maximum Gasteiger partial charge on any atom is 0.303 e. The Kier molecular flexibility index (Phi) is 15.7. The molecule has 8 bridgehead atoms. The summed E-state index contributed by atoms with van der Waals surface area (Å²) in [5.41, 5.74) is 17.4. The molecule has 4 N–H and O–H groups in total. The van der Waals surface area contributed by atoms with Crippen LogP contribution >= 0.6 is 0 Å². The van der Waals surface area contributed by atoms with E-state index in [1.807, 2.05) is 55.5 Å². The topological polar surface area (TPSA) is 195 Å². The summed E-state index contributed by atoms with van der Waals surface area (Å²) in [4.78, 5) is 53.2. The smallest absolute Gasteiger partial charge is 0.303 e. The number of carboxylic acids is 1. The number of anilines is 2. The minimum absolute atomic E-state index is 0.0210. The maximum atomic E-state index is 13.8. The van der Waals surface area contributed by atoms with Gasteiger partial charge in [0.15, 0.2) is 17.3 Å². The highest BCUT2D eigenvalue weighted by Gasteiger charge is 2.44. The first-order chi connectivity index (χ1) is 37.3. The van der Waals surface area contributed by atoms with Gasteiger partial charge < -0.3 is 44.1 Å². The van der Waals surface area contributed by atoms with E-state index in [4.69, 9.17) is 33.7 Å². The van der Waals surface area contributed by atoms with Crippen LogP contribution in [0.1, 0.15) is 119 Å². The molecule has 6 heterocycles. The van der Waals surface area contributed by atoms with Crippen LogP contribution in [0.2, 0.25) is 0 Å². The highest BCUT2D eigenvalue weighted by atomic mass is 16.5. The molecule has 6 aromatic rings. The first-order valence-electron chi connectivity index (χ1n) is 26.7. The minimum atomic E-state index is -0.841. The number of nitrogens with one attached hydrogen (secondary N) is 3. The molecule has 3 aromatic heterocycles. The fraction of sp³-hybridized carbons (Fsp3) is 0.387. The second kappa shape index (κ2) is 22.9. The van der Waals surface area contributed by atoms with Crippen molar-refractivity contribution in [2.24, 2.45) is 27.7 Å². The van der Waals surface area contributed by atoms with Crippen molar-refractivity contribution in [1.29, 1.82) is 0 Å². The van der Waals surface area contributed by atoms with Gasteiger partial charge in [-0.2, -0.15) is 0 Å². The molecule has 15 heteroatoms. The monoisotopic (exact) mass is 1040 g/mol. The van der Waals surface area contributed by atoms with Gasteiger partial charge in [0.2, 0.25) is 0 Å². The number of aromatic amines is 2. The number of methoxy groups -OCH3 is 2. The Balaban J connectivity index is 0.890. The molecule has 3 unspecified atom stereocenters. The summed E-state index contributed by atoms with van der Waals surface area (Å²) < 4.78 is 29.2. The number of aromatic nitrogens is 4. The normalized spacial score (nSPS) is 19.0. The number of H-pyrrole nitrogens is 2. The molecule has 0 fully saturated rings. The van der Waals surface area contributed by atoms with Crippen molar-refractivity contribution in [1.82, 2.24) is 19.9 Å². The van der Waals surface area contributed by atoms with E-state index in [9.17, 15) is 14.7 Å². The molecule has 0 spiro atoms. The second-order valence-corrected chi connectivity index (χ2v) is 20.6. The van der Waals surface area contributed by atoms with Gasteiger partial charge >= 0.3 is 5.97 Å². The van der Waals surface area contributed by atoms with Gasteiger partial charge in [0.1, 0.15) is 25.4 Å². The Morgan fingerprint density at radius 3 is 2.34 bits per heavy atom. The van der Waals surface area contributed by atoms with E-state index in [1.165, 1.54) is 17.5 Å². The number of benzene rings is 3. The van der Waals surface area contributed by atoms with Gasteiger partial charge in [-0.1, -0.05) is 43.9 Å². The van der Waals surface area contributed by atoms with Crippen LogP contribution < -0.4 is 14.8 Å². The number of fused-ring (bicyclic) bond motifs is 7. The molecule has 3 aliphatic heterocycles. The number of allylic oxidation sites excluding steroid dienone is 2. The van der Waals surface area contributed by atoms with E-state index in [0.29, 0.717) is 81.6 Å². The molecule has 398 valence electrons. The summed E-state index contributed by atoms with van der Waals surface area (Å²) in [6.07, 6.45) is 6.28. The average Bonchev–Trinajstić information content (AvgIpc) is 4.32. The summed E-state index contributed by atoms with van der Waals surface area (Å²) in [6.45, 7) is 14.8. The van der Waals surface area contributed by atoms with Gasteiger partial charge in [-0.3, -0.25) is 19.6 Å².